The van der Waals surface area contributed by atoms with Gasteiger partial charge in [0.15, 0.2) is 12.2 Å². The minimum absolute atomic E-state index is 0.134. The highest BCUT2D eigenvalue weighted by Gasteiger charge is 2.53. The number of hydrogen-bond acceptors (Lipinski definition) is 13. The van der Waals surface area contributed by atoms with E-state index in [9.17, 15) is 25.5 Å². The molecule has 15 heteroatoms. The predicted octanol–water partition coefficient (Wildman–Crippen LogP) is -5.28. The molecule has 1 saturated heterocycles. The second kappa shape index (κ2) is 13.1. The van der Waals surface area contributed by atoms with Crippen molar-refractivity contribution in [3.8, 4) is 0 Å². The molecule has 0 radical (unpaired) electrons. The number of aliphatic hydroxyl groups is 5. The van der Waals surface area contributed by atoms with Crippen molar-refractivity contribution in [1.29, 1.82) is 0 Å². The van der Waals surface area contributed by atoms with Crippen LogP contribution in [-0.2, 0) is 14.2 Å². The van der Waals surface area contributed by atoms with Gasteiger partial charge in [0.25, 0.3) is 0 Å². The van der Waals surface area contributed by atoms with E-state index in [2.05, 4.69) is 15.6 Å². The van der Waals surface area contributed by atoms with Crippen molar-refractivity contribution in [2.24, 2.45) is 33.8 Å². The molecule has 38 heavy (non-hydrogen) atoms. The van der Waals surface area contributed by atoms with Crippen molar-refractivity contribution in [3.05, 3.63) is 11.8 Å². The highest BCUT2D eigenvalue weighted by Crippen LogP contribution is 2.37. The van der Waals surface area contributed by atoms with E-state index in [-0.39, 0.29) is 38.7 Å². The minimum atomic E-state index is -1.37. The number of aliphatic hydroxyl groups excluding tert-OH is 4. The molecular formula is C23H45N7O8. The average Bonchev–Trinajstić information content (AvgIpc) is 2.86. The lowest BCUT2D eigenvalue weighted by atomic mass is 9.72. The van der Waals surface area contributed by atoms with Crippen LogP contribution in [-0.4, -0.2) is 131 Å². The normalized spacial score (nSPS) is 41.9. The fraction of sp³-hybridized carbons (Fsp3) is 0.870. The molecule has 0 aromatic heterocycles. The molecule has 15 nitrogen and oxygen atoms in total. The van der Waals surface area contributed by atoms with E-state index in [0.29, 0.717) is 12.2 Å². The van der Waals surface area contributed by atoms with Gasteiger partial charge in [0.05, 0.1) is 50.6 Å². The number of nitrogens with zero attached hydrogens (tertiary/aromatic N) is 1. The predicted molar refractivity (Wildman–Crippen MR) is 137 cm³/mol. The highest BCUT2D eigenvalue weighted by atomic mass is 16.7. The first-order chi connectivity index (χ1) is 18.0. The topological polar surface area (TPSA) is 269 Å². The minimum Gasteiger partial charge on any atom is -0.491 e. The van der Waals surface area contributed by atoms with Crippen LogP contribution in [0.25, 0.3) is 0 Å². The molecule has 0 bridgehead atoms. The summed E-state index contributed by atoms with van der Waals surface area (Å²) < 4.78 is 18.0. The van der Waals surface area contributed by atoms with Gasteiger partial charge < -0.3 is 73.3 Å². The Labute approximate surface area is 222 Å². The molecule has 0 aromatic rings. The Morgan fingerprint density at radius 1 is 1.26 bits per heavy atom. The molecule has 220 valence electrons. The zero-order chi connectivity index (χ0) is 28.2. The van der Waals surface area contributed by atoms with Crippen LogP contribution >= 0.6 is 0 Å². The summed E-state index contributed by atoms with van der Waals surface area (Å²) in [5, 5.41) is 58.6. The lowest BCUT2D eigenvalue weighted by molar-refractivity contribution is -0.298. The third kappa shape index (κ3) is 6.74. The molecule has 0 amide bonds. The summed E-state index contributed by atoms with van der Waals surface area (Å²) in [6.07, 6.45) is -3.11. The Hall–Kier alpha value is -1.63. The van der Waals surface area contributed by atoms with Crippen LogP contribution < -0.4 is 33.6 Å². The Kier molecular flexibility index (Phi) is 10.7. The van der Waals surface area contributed by atoms with E-state index in [1.165, 1.54) is 6.92 Å². The van der Waals surface area contributed by atoms with E-state index in [1.807, 2.05) is 0 Å². The molecule has 0 aromatic carbocycles. The number of nitrogens with two attached hydrogens (primary N) is 4. The molecule has 1 saturated carbocycles. The van der Waals surface area contributed by atoms with Gasteiger partial charge in [-0.05, 0) is 32.9 Å². The molecule has 11 unspecified atom stereocenters. The molecule has 3 rings (SSSR count). The zero-order valence-electron chi connectivity index (χ0n) is 21.9. The molecule has 2 aliphatic heterocycles. The summed E-state index contributed by atoms with van der Waals surface area (Å²) in [6, 6.07) is -3.32. The van der Waals surface area contributed by atoms with Gasteiger partial charge in [-0.1, -0.05) is 0 Å². The van der Waals surface area contributed by atoms with Crippen molar-refractivity contribution < 1.29 is 39.7 Å². The van der Waals surface area contributed by atoms with Gasteiger partial charge >= 0.3 is 0 Å². The Balaban J connectivity index is 1.93. The van der Waals surface area contributed by atoms with Gasteiger partial charge in [-0.25, -0.2) is 4.99 Å². The summed E-state index contributed by atoms with van der Waals surface area (Å²) in [5.74, 6) is -0.357. The Morgan fingerprint density at radius 2 is 1.95 bits per heavy atom. The smallest absolute Gasteiger partial charge is 0.186 e. The van der Waals surface area contributed by atoms with Gasteiger partial charge in [0.1, 0.15) is 29.7 Å². The number of guanidine groups is 1. The number of nitrogens with one attached hydrogen (secondary N) is 2. The summed E-state index contributed by atoms with van der Waals surface area (Å²) in [5.41, 5.74) is 22.3. The van der Waals surface area contributed by atoms with Crippen molar-refractivity contribution in [2.75, 3.05) is 33.4 Å². The number of likely N-dealkylation sites (N-methyl/N-ethyl adjacent to an activating group) is 1. The van der Waals surface area contributed by atoms with Gasteiger partial charge in [-0.15, -0.1) is 0 Å². The maximum atomic E-state index is 11.7. The Bertz CT molecular complexity index is 826. The van der Waals surface area contributed by atoms with Crippen molar-refractivity contribution in [1.82, 2.24) is 10.6 Å². The maximum Gasteiger partial charge on any atom is 0.186 e. The zero-order valence-corrected chi connectivity index (χ0v) is 21.9. The van der Waals surface area contributed by atoms with Crippen LogP contribution in [0.3, 0.4) is 0 Å². The van der Waals surface area contributed by atoms with Crippen LogP contribution in [0.2, 0.25) is 0 Å². The van der Waals surface area contributed by atoms with E-state index in [0.717, 1.165) is 0 Å². The molecule has 0 spiro atoms. The van der Waals surface area contributed by atoms with Crippen molar-refractivity contribution in [2.45, 2.75) is 86.3 Å². The second-order valence-corrected chi connectivity index (χ2v) is 10.5. The largest absolute Gasteiger partial charge is 0.491 e. The van der Waals surface area contributed by atoms with E-state index < -0.39 is 72.4 Å². The van der Waals surface area contributed by atoms with Gasteiger partial charge in [0.2, 0.25) is 0 Å². The van der Waals surface area contributed by atoms with Crippen LogP contribution in [0.1, 0.15) is 19.8 Å². The van der Waals surface area contributed by atoms with Crippen LogP contribution in [0, 0.1) is 5.92 Å². The summed E-state index contributed by atoms with van der Waals surface area (Å²) in [4.78, 5) is 4.29. The monoisotopic (exact) mass is 547 g/mol. The van der Waals surface area contributed by atoms with E-state index in [4.69, 9.17) is 37.1 Å². The Morgan fingerprint density at radius 3 is 2.53 bits per heavy atom. The molecular weight excluding hydrogens is 502 g/mol. The van der Waals surface area contributed by atoms with E-state index >= 15 is 0 Å². The summed E-state index contributed by atoms with van der Waals surface area (Å²) in [7, 11) is 1.60. The third-order valence-electron chi connectivity index (χ3n) is 7.62. The molecule has 15 N–H and O–H groups in total. The van der Waals surface area contributed by atoms with Crippen LogP contribution in [0.4, 0.5) is 0 Å². The number of ether oxygens (including phenoxy) is 3. The first kappa shape index (κ1) is 30.9. The second-order valence-electron chi connectivity index (χ2n) is 10.5. The number of hydrogen-bond donors (Lipinski definition) is 11. The van der Waals surface area contributed by atoms with Gasteiger partial charge in [0, 0.05) is 18.0 Å². The SMILES string of the molecule is CNC1C(O)C(OC2C(NC(CO)CO)CC(N)C(C3OC(CN)=CCC3N=C(N)N)C2O)OCC1(C)O. The molecule has 3 aliphatic rings. The number of aliphatic imine (C=N–C) groups is 1. The summed E-state index contributed by atoms with van der Waals surface area (Å²) in [6.45, 7) is 0.788. The first-order valence-corrected chi connectivity index (χ1v) is 12.9. The van der Waals surface area contributed by atoms with Crippen molar-refractivity contribution in [3.63, 3.8) is 0 Å². The highest BCUT2D eigenvalue weighted by molar-refractivity contribution is 5.76. The van der Waals surface area contributed by atoms with E-state index in [1.54, 1.807) is 13.1 Å². The lowest BCUT2D eigenvalue weighted by Crippen LogP contribution is -2.69. The van der Waals surface area contributed by atoms with Gasteiger partial charge in [-0.3, -0.25) is 0 Å². The quantitative estimate of drug-likeness (QED) is 0.0901. The average molecular weight is 548 g/mol. The van der Waals surface area contributed by atoms with Crippen LogP contribution in [0.5, 0.6) is 0 Å². The standard InChI is InChI=1S/C23H45N7O8/c1-23(35)9-36-21(17(34)20(23)28-2)38-19-14(29-10(7-31)8-32)5-12(25)15(16(19)33)18-13(30-22(26)27)4-3-11(6-24)37-18/h3,10,12-21,28-29,31-35H,4-9,24-25H2,1-2H3,(H4,26,27,30). The fourth-order valence-electron chi connectivity index (χ4n) is 5.73. The van der Waals surface area contributed by atoms with Crippen molar-refractivity contribution >= 4 is 5.96 Å². The van der Waals surface area contributed by atoms with Crippen LogP contribution in [0.15, 0.2) is 16.8 Å². The summed E-state index contributed by atoms with van der Waals surface area (Å²) >= 11 is 0. The lowest BCUT2D eigenvalue weighted by Gasteiger charge is -2.51. The molecule has 11 atom stereocenters. The molecule has 1 aliphatic carbocycles. The number of rotatable bonds is 10. The van der Waals surface area contributed by atoms with Gasteiger partial charge in [-0.2, -0.15) is 0 Å². The third-order valence-corrected chi connectivity index (χ3v) is 7.62. The molecule has 2 heterocycles. The maximum absolute atomic E-state index is 11.7. The first-order valence-electron chi connectivity index (χ1n) is 12.9. The fourth-order valence-corrected chi connectivity index (χ4v) is 5.73. The molecule has 2 fully saturated rings.